The quantitative estimate of drug-likeness (QED) is 0.332. The minimum atomic E-state index is -0.449. The standard InChI is InChI=1S/C30H34N4O3/c1-23(20-33-16-14-31-15-17-33)21-34(30(36)32-28-13-7-12-27(19-28)29(35)37-2)22-24-8-6-11-26(18-24)25-9-4-3-5-10-25/h3-13,18-19,31H,1,14-17,20-22H2,2H3,(H,32,36). The molecule has 1 fully saturated rings. The number of nitrogens with zero attached hydrogens (tertiary/aromatic N) is 2. The van der Waals surface area contributed by atoms with Crippen LogP contribution in [0, 0.1) is 0 Å². The van der Waals surface area contributed by atoms with Gasteiger partial charge in [0.05, 0.1) is 12.7 Å². The maximum absolute atomic E-state index is 13.5. The summed E-state index contributed by atoms with van der Waals surface area (Å²) in [7, 11) is 1.34. The number of anilines is 1. The summed E-state index contributed by atoms with van der Waals surface area (Å²) < 4.78 is 4.81. The molecule has 0 radical (unpaired) electrons. The van der Waals surface area contributed by atoms with E-state index in [9.17, 15) is 9.59 Å². The Morgan fingerprint density at radius 1 is 0.973 bits per heavy atom. The Morgan fingerprint density at radius 3 is 2.46 bits per heavy atom. The van der Waals surface area contributed by atoms with Gasteiger partial charge in [-0.25, -0.2) is 9.59 Å². The number of esters is 1. The molecule has 7 nitrogen and oxygen atoms in total. The third-order valence-corrected chi connectivity index (χ3v) is 6.30. The lowest BCUT2D eigenvalue weighted by Gasteiger charge is -2.30. The van der Waals surface area contributed by atoms with Gasteiger partial charge in [0, 0.05) is 51.5 Å². The van der Waals surface area contributed by atoms with Crippen LogP contribution < -0.4 is 10.6 Å². The van der Waals surface area contributed by atoms with Gasteiger partial charge < -0.3 is 20.3 Å². The maximum Gasteiger partial charge on any atom is 0.337 e. The summed E-state index contributed by atoms with van der Waals surface area (Å²) >= 11 is 0. The minimum absolute atomic E-state index is 0.256. The van der Waals surface area contributed by atoms with E-state index in [2.05, 4.69) is 46.4 Å². The van der Waals surface area contributed by atoms with Gasteiger partial charge in [-0.1, -0.05) is 61.2 Å². The highest BCUT2D eigenvalue weighted by Crippen LogP contribution is 2.22. The average molecular weight is 499 g/mol. The van der Waals surface area contributed by atoms with Crippen LogP contribution in [0.15, 0.2) is 91.0 Å². The molecule has 0 spiro atoms. The number of benzene rings is 3. The van der Waals surface area contributed by atoms with Gasteiger partial charge in [-0.15, -0.1) is 0 Å². The van der Waals surface area contributed by atoms with E-state index in [-0.39, 0.29) is 6.03 Å². The number of amides is 2. The van der Waals surface area contributed by atoms with Crippen LogP contribution in [0.25, 0.3) is 11.1 Å². The first-order valence-electron chi connectivity index (χ1n) is 12.5. The predicted octanol–water partition coefficient (Wildman–Crippen LogP) is 4.64. The summed E-state index contributed by atoms with van der Waals surface area (Å²) in [6.45, 7) is 9.71. The molecule has 2 amide bonds. The number of carbonyl (C=O) groups excluding carboxylic acids is 2. The molecule has 3 aromatic rings. The number of rotatable bonds is 9. The zero-order valence-corrected chi connectivity index (χ0v) is 21.3. The van der Waals surface area contributed by atoms with E-state index in [0.29, 0.717) is 24.3 Å². The first-order valence-corrected chi connectivity index (χ1v) is 12.5. The highest BCUT2D eigenvalue weighted by molar-refractivity contribution is 5.94. The van der Waals surface area contributed by atoms with E-state index in [0.717, 1.165) is 55.0 Å². The fourth-order valence-corrected chi connectivity index (χ4v) is 4.45. The van der Waals surface area contributed by atoms with Crippen LogP contribution in [0.4, 0.5) is 10.5 Å². The highest BCUT2D eigenvalue weighted by Gasteiger charge is 2.19. The fraction of sp³-hybridized carbons (Fsp3) is 0.267. The Morgan fingerprint density at radius 2 is 1.70 bits per heavy atom. The van der Waals surface area contributed by atoms with Crippen LogP contribution in [-0.4, -0.2) is 68.2 Å². The summed E-state index contributed by atoms with van der Waals surface area (Å²) in [5.74, 6) is -0.449. The van der Waals surface area contributed by atoms with Crippen LogP contribution in [0.3, 0.4) is 0 Å². The van der Waals surface area contributed by atoms with Gasteiger partial charge in [0.1, 0.15) is 0 Å². The van der Waals surface area contributed by atoms with Gasteiger partial charge in [-0.3, -0.25) is 4.90 Å². The van der Waals surface area contributed by atoms with Crippen molar-refractivity contribution in [2.75, 3.05) is 51.7 Å². The van der Waals surface area contributed by atoms with Gasteiger partial charge in [-0.2, -0.15) is 0 Å². The number of urea groups is 1. The zero-order valence-electron chi connectivity index (χ0n) is 21.3. The maximum atomic E-state index is 13.5. The van der Waals surface area contributed by atoms with E-state index < -0.39 is 5.97 Å². The van der Waals surface area contributed by atoms with Crippen molar-refractivity contribution in [3.63, 3.8) is 0 Å². The summed E-state index contributed by atoms with van der Waals surface area (Å²) in [5.41, 5.74) is 5.13. The SMILES string of the molecule is C=C(CN1CCNCC1)CN(Cc1cccc(-c2ccccc2)c1)C(=O)Nc1cccc(C(=O)OC)c1. The molecule has 37 heavy (non-hydrogen) atoms. The molecule has 1 aliphatic heterocycles. The molecule has 3 aromatic carbocycles. The molecule has 0 atom stereocenters. The summed E-state index contributed by atoms with van der Waals surface area (Å²) in [5, 5.41) is 6.31. The Bertz CT molecular complexity index is 1220. The molecule has 0 aliphatic carbocycles. The van der Waals surface area contributed by atoms with Crippen LogP contribution >= 0.6 is 0 Å². The fourth-order valence-electron chi connectivity index (χ4n) is 4.45. The Kier molecular flexibility index (Phi) is 9.08. The lowest BCUT2D eigenvalue weighted by Crippen LogP contribution is -2.45. The van der Waals surface area contributed by atoms with Crippen molar-refractivity contribution < 1.29 is 14.3 Å². The number of methoxy groups -OCH3 is 1. The minimum Gasteiger partial charge on any atom is -0.465 e. The molecule has 0 bridgehead atoms. The summed E-state index contributed by atoms with van der Waals surface area (Å²) in [4.78, 5) is 29.5. The molecular formula is C30H34N4O3. The zero-order chi connectivity index (χ0) is 26.0. The highest BCUT2D eigenvalue weighted by atomic mass is 16.5. The van der Waals surface area contributed by atoms with Crippen LogP contribution in [0.2, 0.25) is 0 Å². The number of ether oxygens (including phenoxy) is 1. The first kappa shape index (κ1) is 26.1. The lowest BCUT2D eigenvalue weighted by atomic mass is 10.0. The number of carbonyl (C=O) groups is 2. The number of piperazine rings is 1. The molecule has 1 saturated heterocycles. The topological polar surface area (TPSA) is 73.9 Å². The van der Waals surface area contributed by atoms with Crippen LogP contribution in [0.1, 0.15) is 15.9 Å². The van der Waals surface area contributed by atoms with E-state index in [1.165, 1.54) is 7.11 Å². The first-order chi connectivity index (χ1) is 18.0. The molecule has 2 N–H and O–H groups in total. The van der Waals surface area contributed by atoms with E-state index in [1.807, 2.05) is 30.3 Å². The van der Waals surface area contributed by atoms with Gasteiger partial charge >= 0.3 is 12.0 Å². The van der Waals surface area contributed by atoms with Gasteiger partial charge in [0.25, 0.3) is 0 Å². The molecule has 192 valence electrons. The largest absolute Gasteiger partial charge is 0.465 e. The van der Waals surface area contributed by atoms with Gasteiger partial charge in [-0.05, 0) is 46.5 Å². The molecular weight excluding hydrogens is 464 g/mol. The Balaban J connectivity index is 1.52. The van der Waals surface area contributed by atoms with Crippen molar-refractivity contribution in [2.45, 2.75) is 6.54 Å². The monoisotopic (exact) mass is 498 g/mol. The summed E-state index contributed by atoms with van der Waals surface area (Å²) in [6, 6.07) is 24.9. The number of hydrogen-bond donors (Lipinski definition) is 2. The van der Waals surface area contributed by atoms with Crippen molar-refractivity contribution in [1.82, 2.24) is 15.1 Å². The third-order valence-electron chi connectivity index (χ3n) is 6.30. The number of nitrogens with one attached hydrogen (secondary N) is 2. The predicted molar refractivity (Wildman–Crippen MR) is 148 cm³/mol. The lowest BCUT2D eigenvalue weighted by molar-refractivity contribution is 0.0600. The molecule has 1 heterocycles. The smallest absolute Gasteiger partial charge is 0.337 e. The normalized spacial score (nSPS) is 13.5. The molecule has 4 rings (SSSR count). The van der Waals surface area contributed by atoms with Crippen molar-refractivity contribution in [2.24, 2.45) is 0 Å². The van der Waals surface area contributed by atoms with E-state index in [4.69, 9.17) is 4.74 Å². The van der Waals surface area contributed by atoms with E-state index in [1.54, 1.807) is 29.2 Å². The molecule has 0 saturated carbocycles. The molecule has 0 aromatic heterocycles. The third kappa shape index (κ3) is 7.52. The second-order valence-electron chi connectivity index (χ2n) is 9.20. The second kappa shape index (κ2) is 12.9. The number of hydrogen-bond acceptors (Lipinski definition) is 5. The molecule has 1 aliphatic rings. The van der Waals surface area contributed by atoms with Crippen LogP contribution in [-0.2, 0) is 11.3 Å². The van der Waals surface area contributed by atoms with Gasteiger partial charge in [0.15, 0.2) is 0 Å². The Hall–Kier alpha value is -3.94. The van der Waals surface area contributed by atoms with Crippen LogP contribution in [0.5, 0.6) is 0 Å². The van der Waals surface area contributed by atoms with Gasteiger partial charge in [0.2, 0.25) is 0 Å². The average Bonchev–Trinajstić information content (AvgIpc) is 2.93. The van der Waals surface area contributed by atoms with Crippen molar-refractivity contribution >= 4 is 17.7 Å². The molecule has 0 unspecified atom stereocenters. The Labute approximate surface area is 218 Å². The van der Waals surface area contributed by atoms with Crippen molar-refractivity contribution in [3.05, 3.63) is 102 Å². The molecule has 7 heteroatoms. The van der Waals surface area contributed by atoms with E-state index >= 15 is 0 Å². The second-order valence-corrected chi connectivity index (χ2v) is 9.20. The summed E-state index contributed by atoms with van der Waals surface area (Å²) in [6.07, 6.45) is 0. The van der Waals surface area contributed by atoms with Crippen molar-refractivity contribution in [3.8, 4) is 11.1 Å². The van der Waals surface area contributed by atoms with Crippen molar-refractivity contribution in [1.29, 1.82) is 0 Å².